The third-order valence-electron chi connectivity index (χ3n) is 4.66. The van der Waals surface area contributed by atoms with E-state index in [2.05, 4.69) is 30.8 Å². The number of urea groups is 1. The number of aryl methyl sites for hydroxylation is 1. The highest BCUT2D eigenvalue weighted by molar-refractivity contribution is 6.11. The number of aromatic amines is 1. The van der Waals surface area contributed by atoms with Gasteiger partial charge in [-0.05, 0) is 48.4 Å². The number of amides is 3. The largest absolute Gasteiger partial charge is 0.331 e. The highest BCUT2D eigenvalue weighted by Crippen LogP contribution is 2.27. The van der Waals surface area contributed by atoms with Crippen LogP contribution >= 0.6 is 0 Å². The maximum absolute atomic E-state index is 12.8. The summed E-state index contributed by atoms with van der Waals surface area (Å²) in [5.41, 5.74) is 4.21. The summed E-state index contributed by atoms with van der Waals surface area (Å²) in [7, 11) is 3.33. The lowest BCUT2D eigenvalue weighted by atomic mass is 10.0. The summed E-state index contributed by atoms with van der Waals surface area (Å²) >= 11 is 0. The summed E-state index contributed by atoms with van der Waals surface area (Å²) in [6, 6.07) is 10.8. The molecule has 3 N–H and O–H groups in total. The minimum absolute atomic E-state index is 0.243. The Morgan fingerprint density at radius 2 is 1.84 bits per heavy atom. The van der Waals surface area contributed by atoms with Gasteiger partial charge in [-0.1, -0.05) is 6.07 Å². The van der Waals surface area contributed by atoms with Crippen LogP contribution in [0.4, 0.5) is 16.3 Å². The van der Waals surface area contributed by atoms with Crippen LogP contribution in [0, 0.1) is 6.92 Å². The molecule has 3 aromatic heterocycles. The van der Waals surface area contributed by atoms with E-state index in [0.717, 1.165) is 22.2 Å². The summed E-state index contributed by atoms with van der Waals surface area (Å²) in [5.74, 6) is 0.109. The molecule has 0 bridgehead atoms. The second kappa shape index (κ2) is 8.23. The molecular weight excluding hydrogens is 394 g/mol. The summed E-state index contributed by atoms with van der Waals surface area (Å²) in [6.45, 7) is 1.93. The van der Waals surface area contributed by atoms with Crippen LogP contribution in [0.15, 0.2) is 55.0 Å². The fourth-order valence-corrected chi connectivity index (χ4v) is 3.05. The van der Waals surface area contributed by atoms with Crippen molar-refractivity contribution in [2.45, 2.75) is 6.92 Å². The van der Waals surface area contributed by atoms with Crippen LogP contribution in [-0.4, -0.2) is 51.1 Å². The average Bonchev–Trinajstić information content (AvgIpc) is 3.17. The second-order valence-corrected chi connectivity index (χ2v) is 7.29. The predicted octanol–water partition coefficient (Wildman–Crippen LogP) is 3.67. The van der Waals surface area contributed by atoms with Crippen molar-refractivity contribution in [3.05, 3.63) is 66.2 Å². The Hall–Kier alpha value is -4.27. The third kappa shape index (κ3) is 4.35. The Labute approximate surface area is 178 Å². The maximum Gasteiger partial charge on any atom is 0.321 e. The normalized spacial score (nSPS) is 10.7. The van der Waals surface area contributed by atoms with Crippen LogP contribution < -0.4 is 10.6 Å². The summed E-state index contributed by atoms with van der Waals surface area (Å²) in [4.78, 5) is 34.5. The summed E-state index contributed by atoms with van der Waals surface area (Å²) < 4.78 is 0. The number of hydrogen-bond acceptors (Lipinski definition) is 5. The molecule has 4 rings (SSSR count). The fraction of sp³-hybridized carbons (Fsp3) is 0.136. The molecule has 9 heteroatoms. The zero-order valence-corrected chi connectivity index (χ0v) is 17.3. The van der Waals surface area contributed by atoms with Crippen LogP contribution in [-0.2, 0) is 0 Å². The van der Waals surface area contributed by atoms with E-state index >= 15 is 0 Å². The lowest BCUT2D eigenvalue weighted by molar-refractivity contribution is 0.102. The Morgan fingerprint density at radius 1 is 1.00 bits per heavy atom. The SMILES string of the molecule is Cc1ccnc(NC(=O)c2n[nH]c3ccc(-c4cncc(NC(=O)N(C)C)c4)cc23)c1. The number of nitrogens with one attached hydrogen (secondary N) is 3. The van der Waals surface area contributed by atoms with Crippen LogP contribution in [0.3, 0.4) is 0 Å². The van der Waals surface area contributed by atoms with Gasteiger partial charge in [0.1, 0.15) is 5.82 Å². The summed E-state index contributed by atoms with van der Waals surface area (Å²) in [5, 5.41) is 13.3. The van der Waals surface area contributed by atoms with Crippen LogP contribution in [0.1, 0.15) is 16.1 Å². The van der Waals surface area contributed by atoms with Crippen molar-refractivity contribution in [2.24, 2.45) is 0 Å². The summed E-state index contributed by atoms with van der Waals surface area (Å²) in [6.07, 6.45) is 4.92. The number of H-pyrrole nitrogens is 1. The molecule has 3 heterocycles. The van der Waals surface area contributed by atoms with Gasteiger partial charge in [0.15, 0.2) is 5.69 Å². The number of fused-ring (bicyclic) bond motifs is 1. The molecule has 9 nitrogen and oxygen atoms in total. The molecule has 0 spiro atoms. The van der Waals surface area contributed by atoms with Crippen LogP contribution in [0.2, 0.25) is 0 Å². The highest BCUT2D eigenvalue weighted by atomic mass is 16.2. The first-order chi connectivity index (χ1) is 14.9. The minimum atomic E-state index is -0.355. The van der Waals surface area contributed by atoms with Crippen molar-refractivity contribution in [1.29, 1.82) is 0 Å². The first-order valence-electron chi connectivity index (χ1n) is 9.56. The predicted molar refractivity (Wildman–Crippen MR) is 119 cm³/mol. The quantitative estimate of drug-likeness (QED) is 0.470. The zero-order chi connectivity index (χ0) is 22.0. The average molecular weight is 415 g/mol. The van der Waals surface area contributed by atoms with Crippen molar-refractivity contribution in [1.82, 2.24) is 25.1 Å². The Bertz CT molecular complexity index is 1280. The van der Waals surface area contributed by atoms with E-state index in [1.165, 1.54) is 4.90 Å². The van der Waals surface area contributed by atoms with Crippen molar-refractivity contribution in [3.8, 4) is 11.1 Å². The first kappa shape index (κ1) is 20.0. The van der Waals surface area contributed by atoms with E-state index in [9.17, 15) is 9.59 Å². The number of rotatable bonds is 4. The third-order valence-corrected chi connectivity index (χ3v) is 4.66. The van der Waals surface area contributed by atoms with E-state index in [1.54, 1.807) is 38.8 Å². The molecular formula is C22H21N7O2. The molecule has 0 radical (unpaired) electrons. The van der Waals surface area contributed by atoms with Gasteiger partial charge in [-0.2, -0.15) is 5.10 Å². The van der Waals surface area contributed by atoms with Gasteiger partial charge >= 0.3 is 6.03 Å². The van der Waals surface area contributed by atoms with Crippen LogP contribution in [0.25, 0.3) is 22.0 Å². The van der Waals surface area contributed by atoms with E-state index < -0.39 is 0 Å². The standard InChI is InChI=1S/C22H21N7O2/c1-13-6-7-24-19(8-13)26-21(30)20-17-10-14(4-5-18(17)27-28-20)15-9-16(12-23-11-15)25-22(31)29(2)3/h4-12H,1-3H3,(H,25,31)(H,27,28)(H,24,26,30). The molecule has 0 saturated carbocycles. The van der Waals surface area contributed by atoms with Gasteiger partial charge in [0.25, 0.3) is 5.91 Å². The number of nitrogens with zero attached hydrogens (tertiary/aromatic N) is 4. The van der Waals surface area contributed by atoms with Crippen molar-refractivity contribution >= 4 is 34.3 Å². The lowest BCUT2D eigenvalue weighted by Crippen LogP contribution is -2.27. The van der Waals surface area contributed by atoms with Gasteiger partial charge in [0, 0.05) is 37.4 Å². The lowest BCUT2D eigenvalue weighted by Gasteiger charge is -2.12. The number of benzene rings is 1. The highest BCUT2D eigenvalue weighted by Gasteiger charge is 2.16. The topological polar surface area (TPSA) is 116 Å². The van der Waals surface area contributed by atoms with E-state index in [-0.39, 0.29) is 17.6 Å². The Kier molecular flexibility index (Phi) is 5.31. The van der Waals surface area contributed by atoms with Gasteiger partial charge in [-0.15, -0.1) is 0 Å². The minimum Gasteiger partial charge on any atom is -0.331 e. The monoisotopic (exact) mass is 415 g/mol. The van der Waals surface area contributed by atoms with Crippen LogP contribution in [0.5, 0.6) is 0 Å². The zero-order valence-electron chi connectivity index (χ0n) is 17.3. The second-order valence-electron chi connectivity index (χ2n) is 7.29. The van der Waals surface area contributed by atoms with Gasteiger partial charge in [0.2, 0.25) is 0 Å². The van der Waals surface area contributed by atoms with Gasteiger partial charge in [0.05, 0.1) is 17.4 Å². The first-order valence-corrected chi connectivity index (χ1v) is 9.56. The molecule has 0 unspecified atom stereocenters. The van der Waals surface area contributed by atoms with Gasteiger partial charge in [-0.3, -0.25) is 14.9 Å². The molecule has 31 heavy (non-hydrogen) atoms. The van der Waals surface area contributed by atoms with Crippen molar-refractivity contribution in [3.63, 3.8) is 0 Å². The number of carbonyl (C=O) groups excluding carboxylic acids is 2. The number of aromatic nitrogens is 4. The molecule has 0 atom stereocenters. The van der Waals surface area contributed by atoms with E-state index in [1.807, 2.05) is 37.3 Å². The number of pyridine rings is 2. The van der Waals surface area contributed by atoms with Crippen molar-refractivity contribution in [2.75, 3.05) is 24.7 Å². The van der Waals surface area contributed by atoms with Crippen molar-refractivity contribution < 1.29 is 9.59 Å². The molecule has 0 fully saturated rings. The molecule has 0 aliphatic heterocycles. The number of carbonyl (C=O) groups is 2. The molecule has 156 valence electrons. The smallest absolute Gasteiger partial charge is 0.321 e. The molecule has 0 aliphatic carbocycles. The molecule has 0 saturated heterocycles. The van der Waals surface area contributed by atoms with Gasteiger partial charge < -0.3 is 15.5 Å². The molecule has 4 aromatic rings. The van der Waals surface area contributed by atoms with E-state index in [4.69, 9.17) is 0 Å². The fourth-order valence-electron chi connectivity index (χ4n) is 3.05. The van der Waals surface area contributed by atoms with Gasteiger partial charge in [-0.25, -0.2) is 9.78 Å². The molecule has 3 amide bonds. The Balaban J connectivity index is 1.64. The number of hydrogen-bond donors (Lipinski definition) is 3. The Morgan fingerprint density at radius 3 is 2.61 bits per heavy atom. The molecule has 0 aliphatic rings. The molecule has 1 aromatic carbocycles. The maximum atomic E-state index is 12.8. The number of anilines is 2. The van der Waals surface area contributed by atoms with E-state index in [0.29, 0.717) is 16.9 Å².